The van der Waals surface area contributed by atoms with Gasteiger partial charge in [0, 0.05) is 11.9 Å². The molecule has 0 saturated carbocycles. The Bertz CT molecular complexity index is 822. The van der Waals surface area contributed by atoms with Gasteiger partial charge in [0.05, 0.1) is 18.4 Å². The Labute approximate surface area is 145 Å². The number of ether oxygens (including phenoxy) is 1. The van der Waals surface area contributed by atoms with E-state index in [0.29, 0.717) is 11.4 Å². The number of hydrogen-bond donors (Lipinski definition) is 2. The maximum Gasteiger partial charge on any atom is 0.534 e. The lowest BCUT2D eigenvalue weighted by Crippen LogP contribution is -2.19. The molecule has 11 heteroatoms. The van der Waals surface area contributed by atoms with Crippen LogP contribution in [0.4, 0.5) is 29.5 Å². The molecule has 0 aliphatic heterocycles. The first-order valence-electron chi connectivity index (χ1n) is 7.07. The summed E-state index contributed by atoms with van der Waals surface area (Å²) in [4.78, 5) is 23.5. The molecule has 0 saturated heterocycles. The normalized spacial score (nSPS) is 11.8. The van der Waals surface area contributed by atoms with Gasteiger partial charge in [-0.3, -0.25) is 4.84 Å². The fraction of sp³-hybridized carbons (Fsp3) is 0.200. The molecule has 0 bridgehead atoms. The Morgan fingerprint density at radius 3 is 2.50 bits per heavy atom. The molecule has 1 aromatic heterocycles. The summed E-state index contributed by atoms with van der Waals surface area (Å²) in [6.07, 6.45) is -4.12. The van der Waals surface area contributed by atoms with Gasteiger partial charge in [0.2, 0.25) is 0 Å². The van der Waals surface area contributed by atoms with E-state index in [1.165, 1.54) is 18.3 Å². The van der Waals surface area contributed by atoms with Gasteiger partial charge in [-0.05, 0) is 31.2 Å². The average Bonchev–Trinajstić information content (AvgIpc) is 2.59. The van der Waals surface area contributed by atoms with Crippen LogP contribution in [0.2, 0.25) is 0 Å². The number of carbonyl (C=O) groups is 1. The summed E-state index contributed by atoms with van der Waals surface area (Å²) in [5, 5.41) is 6.17. The number of nitrogens with one attached hydrogen (secondary N) is 1. The van der Waals surface area contributed by atoms with Crippen LogP contribution in [0.15, 0.2) is 35.6 Å². The number of nitrogens with two attached hydrogens (primary N) is 1. The number of carbonyl (C=O) groups excluding carboxylic acids is 1. The van der Waals surface area contributed by atoms with Gasteiger partial charge in [0.1, 0.15) is 0 Å². The zero-order valence-electron chi connectivity index (χ0n) is 13.7. The number of halogens is 3. The minimum Gasteiger partial charge on any atom is -0.436 e. The van der Waals surface area contributed by atoms with Gasteiger partial charge in [-0.1, -0.05) is 5.16 Å². The maximum absolute atomic E-state index is 12.6. The van der Waals surface area contributed by atoms with Crippen LogP contribution in [0, 0.1) is 6.92 Å². The molecule has 138 valence electrons. The Morgan fingerprint density at radius 2 is 1.92 bits per heavy atom. The molecule has 26 heavy (non-hydrogen) atoms. The Balaban J connectivity index is 2.29. The minimum atomic E-state index is -4.44. The van der Waals surface area contributed by atoms with Crippen LogP contribution in [-0.4, -0.2) is 29.1 Å². The zero-order valence-corrected chi connectivity index (χ0v) is 13.7. The zero-order chi connectivity index (χ0) is 19.3. The van der Waals surface area contributed by atoms with E-state index in [2.05, 4.69) is 30.0 Å². The van der Waals surface area contributed by atoms with E-state index < -0.39 is 17.9 Å². The Morgan fingerprint density at radius 1 is 1.27 bits per heavy atom. The summed E-state index contributed by atoms with van der Waals surface area (Å²) >= 11 is 0. The second-order valence-corrected chi connectivity index (χ2v) is 4.93. The number of amidine groups is 1. The monoisotopic (exact) mass is 369 g/mol. The third kappa shape index (κ3) is 4.82. The lowest BCUT2D eigenvalue weighted by atomic mass is 10.2. The van der Waals surface area contributed by atoms with Gasteiger partial charge < -0.3 is 15.8 Å². The molecule has 1 heterocycles. The molecule has 3 N–H and O–H groups in total. The predicted molar refractivity (Wildman–Crippen MR) is 85.7 cm³/mol. The molecule has 0 aliphatic carbocycles. The van der Waals surface area contributed by atoms with Gasteiger partial charge in [0.25, 0.3) is 0 Å². The Hall–Kier alpha value is -3.37. The van der Waals surface area contributed by atoms with Crippen molar-refractivity contribution in [2.24, 2.45) is 10.9 Å². The average molecular weight is 369 g/mol. The predicted octanol–water partition coefficient (Wildman–Crippen LogP) is 2.95. The highest BCUT2D eigenvalue weighted by Gasteiger charge is 2.30. The molecule has 0 aliphatic rings. The van der Waals surface area contributed by atoms with E-state index in [9.17, 15) is 18.0 Å². The number of methoxy groups -OCH3 is 1. The van der Waals surface area contributed by atoms with Crippen LogP contribution >= 0.6 is 0 Å². The number of nitrogens with zero attached hydrogens (tertiary/aromatic N) is 3. The first-order chi connectivity index (χ1) is 12.2. The Kier molecular flexibility index (Phi) is 5.60. The smallest absolute Gasteiger partial charge is 0.436 e. The van der Waals surface area contributed by atoms with Gasteiger partial charge in [-0.2, -0.15) is 13.2 Å². The third-order valence-corrected chi connectivity index (χ3v) is 3.00. The fourth-order valence-electron chi connectivity index (χ4n) is 1.80. The first kappa shape index (κ1) is 19.0. The first-order valence-corrected chi connectivity index (χ1v) is 7.07. The van der Waals surface area contributed by atoms with Crippen LogP contribution in [0.1, 0.15) is 17.0 Å². The van der Waals surface area contributed by atoms with E-state index in [0.717, 1.165) is 19.2 Å². The van der Waals surface area contributed by atoms with Crippen molar-refractivity contribution in [3.8, 4) is 0 Å². The van der Waals surface area contributed by atoms with Crippen molar-refractivity contribution in [1.82, 2.24) is 9.97 Å². The summed E-state index contributed by atoms with van der Waals surface area (Å²) in [5.41, 5.74) is 5.80. The van der Waals surface area contributed by atoms with Crippen LogP contribution < -0.4 is 11.1 Å². The molecule has 0 atom stereocenters. The lowest BCUT2D eigenvalue weighted by Gasteiger charge is -2.12. The summed E-state index contributed by atoms with van der Waals surface area (Å²) in [7, 11) is 1.09. The standard InChI is InChI=1S/C15H14F3N5O3/c1-8-7-20-11(12(19)23-26-14(24)25-2)13(21-8)22-10-5-3-9(4-6-10)15(16,17)18/h3-7H,1-2H3,(H2,19,23)(H,21,22). The van der Waals surface area contributed by atoms with E-state index in [4.69, 9.17) is 5.73 Å². The molecule has 0 radical (unpaired) electrons. The molecule has 0 fully saturated rings. The van der Waals surface area contributed by atoms with Crippen molar-refractivity contribution >= 4 is 23.5 Å². The van der Waals surface area contributed by atoms with Crippen LogP contribution in [-0.2, 0) is 15.8 Å². The summed E-state index contributed by atoms with van der Waals surface area (Å²) in [6.45, 7) is 1.66. The number of aromatic nitrogens is 2. The molecule has 0 amide bonds. The van der Waals surface area contributed by atoms with Crippen LogP contribution in [0.5, 0.6) is 0 Å². The van der Waals surface area contributed by atoms with Crippen molar-refractivity contribution < 1.29 is 27.5 Å². The van der Waals surface area contributed by atoms with E-state index in [1.807, 2.05) is 0 Å². The lowest BCUT2D eigenvalue weighted by molar-refractivity contribution is -0.137. The molecule has 2 aromatic rings. The number of benzene rings is 1. The number of anilines is 2. The van der Waals surface area contributed by atoms with Gasteiger partial charge in [-0.15, -0.1) is 0 Å². The van der Waals surface area contributed by atoms with Gasteiger partial charge in [-0.25, -0.2) is 14.8 Å². The molecule has 2 rings (SSSR count). The highest BCUT2D eigenvalue weighted by Crippen LogP contribution is 2.30. The number of alkyl halides is 3. The SMILES string of the molecule is COC(=O)ON=C(N)c1ncc(C)nc1Nc1ccc(C(F)(F)F)cc1. The van der Waals surface area contributed by atoms with Crippen molar-refractivity contribution in [1.29, 1.82) is 0 Å². The van der Waals surface area contributed by atoms with E-state index in [1.54, 1.807) is 6.92 Å². The quantitative estimate of drug-likeness (QED) is 0.280. The second-order valence-electron chi connectivity index (χ2n) is 4.93. The van der Waals surface area contributed by atoms with E-state index in [-0.39, 0.29) is 17.3 Å². The highest BCUT2D eigenvalue weighted by molar-refractivity contribution is 6.00. The third-order valence-electron chi connectivity index (χ3n) is 3.00. The molecular formula is C15H14F3N5O3. The van der Waals surface area contributed by atoms with Crippen molar-refractivity contribution in [3.63, 3.8) is 0 Å². The van der Waals surface area contributed by atoms with Crippen molar-refractivity contribution in [3.05, 3.63) is 47.4 Å². The van der Waals surface area contributed by atoms with Gasteiger partial charge >= 0.3 is 12.3 Å². The molecule has 0 unspecified atom stereocenters. The fourth-order valence-corrected chi connectivity index (χ4v) is 1.80. The topological polar surface area (TPSA) is 112 Å². The van der Waals surface area contributed by atoms with Crippen LogP contribution in [0.3, 0.4) is 0 Å². The summed E-state index contributed by atoms with van der Waals surface area (Å²) < 4.78 is 42.1. The van der Waals surface area contributed by atoms with E-state index >= 15 is 0 Å². The van der Waals surface area contributed by atoms with Crippen molar-refractivity contribution in [2.75, 3.05) is 12.4 Å². The molecule has 0 spiro atoms. The van der Waals surface area contributed by atoms with Crippen LogP contribution in [0.25, 0.3) is 0 Å². The number of hydrogen-bond acceptors (Lipinski definition) is 7. The summed E-state index contributed by atoms with van der Waals surface area (Å²) in [6, 6.07) is 4.30. The molecule has 1 aromatic carbocycles. The van der Waals surface area contributed by atoms with Gasteiger partial charge in [0.15, 0.2) is 17.3 Å². The molecular weight excluding hydrogens is 355 g/mol. The second kappa shape index (κ2) is 7.68. The number of oxime groups is 1. The van der Waals surface area contributed by atoms with Crippen molar-refractivity contribution in [2.45, 2.75) is 13.1 Å². The number of aryl methyl sites for hydroxylation is 1. The largest absolute Gasteiger partial charge is 0.534 e. The molecule has 8 nitrogen and oxygen atoms in total. The highest BCUT2D eigenvalue weighted by atomic mass is 19.4. The summed E-state index contributed by atoms with van der Waals surface area (Å²) in [5.74, 6) is -0.156. The number of rotatable bonds is 4. The maximum atomic E-state index is 12.6. The minimum absolute atomic E-state index is 0.0411.